The van der Waals surface area contributed by atoms with Gasteiger partial charge in [0.15, 0.2) is 5.13 Å². The van der Waals surface area contributed by atoms with Gasteiger partial charge in [-0.2, -0.15) is 4.31 Å². The van der Waals surface area contributed by atoms with Crippen molar-refractivity contribution in [1.82, 2.24) is 14.2 Å². The summed E-state index contributed by atoms with van der Waals surface area (Å²) in [4.78, 5) is 22.1. The lowest BCUT2D eigenvalue weighted by Gasteiger charge is -2.28. The molecule has 38 heavy (non-hydrogen) atoms. The van der Waals surface area contributed by atoms with E-state index < -0.39 is 10.0 Å². The second kappa shape index (κ2) is 11.7. The van der Waals surface area contributed by atoms with Gasteiger partial charge in [0.1, 0.15) is 0 Å². The first-order valence-corrected chi connectivity index (χ1v) is 14.6. The number of halogens is 2. The van der Waals surface area contributed by atoms with Gasteiger partial charge in [0.2, 0.25) is 10.0 Å². The largest absolute Gasteiger partial charge is 0.308 e. The number of fused-ring (bicyclic) bond motifs is 2. The summed E-state index contributed by atoms with van der Waals surface area (Å²) in [6.07, 6.45) is 0.681. The number of carbonyl (C=O) groups is 1. The number of anilines is 1. The number of rotatable bonds is 7. The van der Waals surface area contributed by atoms with Crippen LogP contribution < -0.4 is 4.90 Å². The zero-order valence-electron chi connectivity index (χ0n) is 21.0. The van der Waals surface area contributed by atoms with E-state index in [1.807, 2.05) is 55.4 Å². The van der Waals surface area contributed by atoms with Gasteiger partial charge < -0.3 is 4.90 Å². The van der Waals surface area contributed by atoms with Crippen LogP contribution in [0.3, 0.4) is 0 Å². The molecule has 0 saturated heterocycles. The highest BCUT2D eigenvalue weighted by Crippen LogP contribution is 2.32. The highest BCUT2D eigenvalue weighted by molar-refractivity contribution is 7.89. The molecule has 4 aromatic rings. The van der Waals surface area contributed by atoms with E-state index in [0.717, 1.165) is 15.8 Å². The minimum absolute atomic E-state index is 0. The van der Waals surface area contributed by atoms with Crippen LogP contribution in [0.5, 0.6) is 0 Å². The second-order valence-corrected chi connectivity index (χ2v) is 12.6. The first kappa shape index (κ1) is 28.5. The van der Waals surface area contributed by atoms with E-state index in [4.69, 9.17) is 11.6 Å². The average Bonchev–Trinajstić information content (AvgIpc) is 3.31. The lowest BCUT2D eigenvalue weighted by atomic mass is 10.0. The second-order valence-electron chi connectivity index (χ2n) is 9.25. The number of aromatic nitrogens is 1. The molecule has 5 rings (SSSR count). The minimum atomic E-state index is -3.68. The summed E-state index contributed by atoms with van der Waals surface area (Å²) in [5, 5.41) is 1.19. The third kappa shape index (κ3) is 5.88. The van der Waals surface area contributed by atoms with Gasteiger partial charge in [0.05, 0.1) is 15.1 Å². The molecule has 200 valence electrons. The minimum Gasteiger partial charge on any atom is -0.308 e. The number of carbonyl (C=O) groups excluding carboxylic acids is 1. The maximum absolute atomic E-state index is 13.6. The summed E-state index contributed by atoms with van der Waals surface area (Å²) >= 11 is 7.54. The molecule has 0 spiro atoms. The normalized spacial score (nSPS) is 13.8. The fourth-order valence-electron chi connectivity index (χ4n) is 4.34. The van der Waals surface area contributed by atoms with Crippen LogP contribution in [-0.2, 0) is 23.0 Å². The SMILES string of the molecule is CN(C)CCN(C(=O)c1ccc(S(=O)(=O)N2CCc3ccccc3C2)cc1)c1nc2ccc(Cl)cc2s1.Cl. The topological polar surface area (TPSA) is 73.8 Å². The standard InChI is InChI=1S/C27H27ClN4O3S2.ClH/c1-30(2)15-16-32(27-29-24-12-9-22(28)17-25(24)36-27)26(33)20-7-10-23(11-8-20)37(34,35)31-14-13-19-5-3-4-6-21(19)18-31;/h3-12,17H,13-16,18H2,1-2H3;1H. The number of amides is 1. The maximum Gasteiger partial charge on any atom is 0.260 e. The van der Waals surface area contributed by atoms with Crippen molar-refractivity contribution in [3.8, 4) is 0 Å². The van der Waals surface area contributed by atoms with Crippen molar-refractivity contribution in [3.05, 3.63) is 88.4 Å². The average molecular weight is 592 g/mol. The Labute approximate surface area is 238 Å². The highest BCUT2D eigenvalue weighted by atomic mass is 35.5. The first-order chi connectivity index (χ1) is 17.7. The zero-order valence-corrected chi connectivity index (χ0v) is 24.2. The Balaban J connectivity index is 0.00000336. The summed E-state index contributed by atoms with van der Waals surface area (Å²) in [5.74, 6) is -0.233. The summed E-state index contributed by atoms with van der Waals surface area (Å²) in [5.41, 5.74) is 3.39. The van der Waals surface area contributed by atoms with E-state index in [0.29, 0.717) is 48.3 Å². The van der Waals surface area contributed by atoms with Crippen molar-refractivity contribution < 1.29 is 13.2 Å². The van der Waals surface area contributed by atoms with Crippen molar-refractivity contribution >= 4 is 66.6 Å². The lowest BCUT2D eigenvalue weighted by Crippen LogP contribution is -2.37. The van der Waals surface area contributed by atoms with Crippen LogP contribution >= 0.6 is 35.3 Å². The van der Waals surface area contributed by atoms with Gasteiger partial charge in [0, 0.05) is 36.8 Å². The third-order valence-corrected chi connectivity index (χ3v) is 9.56. The number of sulfonamides is 1. The van der Waals surface area contributed by atoms with Gasteiger partial charge in [-0.25, -0.2) is 13.4 Å². The first-order valence-electron chi connectivity index (χ1n) is 11.9. The molecule has 0 aliphatic carbocycles. The van der Waals surface area contributed by atoms with Crippen LogP contribution in [0.1, 0.15) is 21.5 Å². The monoisotopic (exact) mass is 590 g/mol. The van der Waals surface area contributed by atoms with Crippen LogP contribution in [-0.4, -0.2) is 62.2 Å². The van der Waals surface area contributed by atoms with Gasteiger partial charge in [-0.3, -0.25) is 9.69 Å². The van der Waals surface area contributed by atoms with Crippen LogP contribution in [0.4, 0.5) is 5.13 Å². The number of benzene rings is 3. The summed E-state index contributed by atoms with van der Waals surface area (Å²) in [7, 11) is 0.204. The van der Waals surface area contributed by atoms with E-state index >= 15 is 0 Å². The highest BCUT2D eigenvalue weighted by Gasteiger charge is 2.29. The Morgan fingerprint density at radius 2 is 1.74 bits per heavy atom. The third-order valence-electron chi connectivity index (χ3n) is 6.42. The molecule has 0 radical (unpaired) electrons. The molecule has 11 heteroatoms. The van der Waals surface area contributed by atoms with Gasteiger partial charge in [0.25, 0.3) is 5.91 Å². The molecule has 7 nitrogen and oxygen atoms in total. The van der Waals surface area contributed by atoms with Crippen molar-refractivity contribution in [3.63, 3.8) is 0 Å². The zero-order chi connectivity index (χ0) is 26.2. The molecular weight excluding hydrogens is 563 g/mol. The summed E-state index contributed by atoms with van der Waals surface area (Å²) < 4.78 is 29.1. The van der Waals surface area contributed by atoms with E-state index in [1.54, 1.807) is 23.1 Å². The van der Waals surface area contributed by atoms with Gasteiger partial charge in [-0.05, 0) is 74.1 Å². The predicted molar refractivity (Wildman–Crippen MR) is 156 cm³/mol. The molecule has 3 aromatic carbocycles. The fourth-order valence-corrected chi connectivity index (χ4v) is 7.02. The molecule has 2 heterocycles. The molecule has 0 fully saturated rings. The molecule has 0 saturated carbocycles. The number of hydrogen-bond donors (Lipinski definition) is 0. The van der Waals surface area contributed by atoms with Crippen molar-refractivity contribution in [2.75, 3.05) is 38.6 Å². The van der Waals surface area contributed by atoms with E-state index in [2.05, 4.69) is 4.98 Å². The van der Waals surface area contributed by atoms with Crippen molar-refractivity contribution in [2.45, 2.75) is 17.9 Å². The molecule has 0 atom stereocenters. The summed E-state index contributed by atoms with van der Waals surface area (Å²) in [6, 6.07) is 19.6. The molecular formula is C27H28Cl2N4O3S2. The Bertz CT molecular complexity index is 1560. The number of likely N-dealkylation sites (N-methyl/N-ethyl adjacent to an activating group) is 1. The van der Waals surface area contributed by atoms with E-state index in [1.165, 1.54) is 33.3 Å². The lowest BCUT2D eigenvalue weighted by molar-refractivity contribution is 0.0985. The van der Waals surface area contributed by atoms with Crippen molar-refractivity contribution in [2.24, 2.45) is 0 Å². The van der Waals surface area contributed by atoms with Crippen LogP contribution in [0.15, 0.2) is 71.6 Å². The van der Waals surface area contributed by atoms with Gasteiger partial charge >= 0.3 is 0 Å². The molecule has 1 aliphatic rings. The molecule has 1 aromatic heterocycles. The van der Waals surface area contributed by atoms with Gasteiger partial charge in [-0.15, -0.1) is 12.4 Å². The Hall–Kier alpha value is -2.53. The van der Waals surface area contributed by atoms with E-state index in [-0.39, 0.29) is 23.2 Å². The Morgan fingerprint density at radius 1 is 1.03 bits per heavy atom. The van der Waals surface area contributed by atoms with Crippen LogP contribution in [0.2, 0.25) is 5.02 Å². The molecule has 1 amide bonds. The quantitative estimate of drug-likeness (QED) is 0.291. The fraction of sp³-hybridized carbons (Fsp3) is 0.259. The maximum atomic E-state index is 13.6. The van der Waals surface area contributed by atoms with Crippen molar-refractivity contribution in [1.29, 1.82) is 0 Å². The Kier molecular flexibility index (Phi) is 8.76. The molecule has 0 unspecified atom stereocenters. The number of nitrogens with zero attached hydrogens (tertiary/aromatic N) is 4. The Morgan fingerprint density at radius 3 is 2.45 bits per heavy atom. The molecule has 1 aliphatic heterocycles. The molecule has 0 bridgehead atoms. The van der Waals surface area contributed by atoms with Crippen LogP contribution in [0.25, 0.3) is 10.2 Å². The van der Waals surface area contributed by atoms with Gasteiger partial charge in [-0.1, -0.05) is 47.2 Å². The number of thiazole rings is 1. The number of hydrogen-bond acceptors (Lipinski definition) is 6. The summed E-state index contributed by atoms with van der Waals surface area (Å²) in [6.45, 7) is 1.86. The van der Waals surface area contributed by atoms with E-state index in [9.17, 15) is 13.2 Å². The smallest absolute Gasteiger partial charge is 0.260 e. The predicted octanol–water partition coefficient (Wildman–Crippen LogP) is 5.33. The van der Waals surface area contributed by atoms with Crippen LogP contribution in [0, 0.1) is 0 Å². The molecule has 0 N–H and O–H groups in total.